The second-order valence-electron chi connectivity index (χ2n) is 4.81. The van der Waals surface area contributed by atoms with Crippen LogP contribution in [0.2, 0.25) is 0 Å². The van der Waals surface area contributed by atoms with Crippen molar-refractivity contribution in [2.24, 2.45) is 5.73 Å². The molecule has 0 aliphatic carbocycles. The first kappa shape index (κ1) is 13.7. The molecule has 0 bridgehead atoms. The average Bonchev–Trinajstić information content (AvgIpc) is 2.90. The summed E-state index contributed by atoms with van der Waals surface area (Å²) in [5, 5.41) is 3.58. The van der Waals surface area contributed by atoms with Crippen LogP contribution in [0.5, 0.6) is 0 Å². The zero-order chi connectivity index (χ0) is 13.9. The molecule has 1 nitrogen and oxygen atoms in total. The second-order valence-corrected chi connectivity index (χ2v) is 6.57. The zero-order valence-corrected chi connectivity index (χ0v) is 13.0. The Morgan fingerprint density at radius 3 is 2.70 bits per heavy atom. The van der Waals surface area contributed by atoms with E-state index in [1.54, 1.807) is 23.1 Å². The number of thiophene rings is 1. The van der Waals surface area contributed by atoms with Gasteiger partial charge in [-0.1, -0.05) is 36.4 Å². The van der Waals surface area contributed by atoms with Crippen molar-refractivity contribution in [1.29, 1.82) is 0 Å². The molecule has 0 aliphatic rings. The van der Waals surface area contributed by atoms with Crippen molar-refractivity contribution >= 4 is 33.2 Å². The molecule has 0 saturated heterocycles. The first-order chi connectivity index (χ1) is 9.79. The maximum atomic E-state index is 6.44. The predicted octanol–water partition coefficient (Wildman–Crippen LogP) is 4.87. The third-order valence-corrected chi connectivity index (χ3v) is 5.36. The fourth-order valence-corrected chi connectivity index (χ4v) is 4.16. The van der Waals surface area contributed by atoms with Gasteiger partial charge in [-0.25, -0.2) is 0 Å². The maximum Gasteiger partial charge on any atom is 0.0347 e. The van der Waals surface area contributed by atoms with Gasteiger partial charge in [-0.05, 0) is 46.7 Å². The highest BCUT2D eigenvalue weighted by Gasteiger charge is 2.13. The van der Waals surface area contributed by atoms with Gasteiger partial charge in [-0.3, -0.25) is 0 Å². The molecule has 20 heavy (non-hydrogen) atoms. The highest BCUT2D eigenvalue weighted by molar-refractivity contribution is 7.98. The number of hydrogen-bond acceptors (Lipinski definition) is 3. The lowest BCUT2D eigenvalue weighted by atomic mass is 9.99. The molecule has 0 spiro atoms. The molecular weight excluding hydrogens is 282 g/mol. The molecule has 3 heteroatoms. The second kappa shape index (κ2) is 6.00. The van der Waals surface area contributed by atoms with Crippen LogP contribution in [-0.2, 0) is 6.42 Å². The molecule has 1 aromatic heterocycles. The monoisotopic (exact) mass is 299 g/mol. The summed E-state index contributed by atoms with van der Waals surface area (Å²) in [6.07, 6.45) is 2.99. The molecule has 2 N–H and O–H groups in total. The lowest BCUT2D eigenvalue weighted by Gasteiger charge is -2.15. The lowest BCUT2D eigenvalue weighted by molar-refractivity contribution is 0.712. The van der Waals surface area contributed by atoms with Crippen molar-refractivity contribution in [3.8, 4) is 0 Å². The van der Waals surface area contributed by atoms with Crippen molar-refractivity contribution in [3.05, 3.63) is 65.0 Å². The van der Waals surface area contributed by atoms with Gasteiger partial charge in [-0.15, -0.1) is 23.1 Å². The van der Waals surface area contributed by atoms with Crippen LogP contribution in [0.15, 0.2) is 58.8 Å². The molecule has 0 fully saturated rings. The molecule has 102 valence electrons. The summed E-state index contributed by atoms with van der Waals surface area (Å²) in [5.74, 6) is 0. The van der Waals surface area contributed by atoms with E-state index in [1.807, 2.05) is 0 Å². The van der Waals surface area contributed by atoms with Gasteiger partial charge in [0.1, 0.15) is 0 Å². The van der Waals surface area contributed by atoms with E-state index < -0.39 is 0 Å². The van der Waals surface area contributed by atoms with E-state index in [9.17, 15) is 0 Å². The lowest BCUT2D eigenvalue weighted by Crippen LogP contribution is -2.14. The summed E-state index contributed by atoms with van der Waals surface area (Å²) in [6.45, 7) is 0. The number of benzene rings is 2. The smallest absolute Gasteiger partial charge is 0.0347 e. The highest BCUT2D eigenvalue weighted by Crippen LogP contribution is 2.31. The summed E-state index contributed by atoms with van der Waals surface area (Å²) in [6, 6.07) is 17.0. The molecule has 3 rings (SSSR count). The Balaban J connectivity index is 1.90. The van der Waals surface area contributed by atoms with E-state index in [1.165, 1.54) is 26.1 Å². The normalized spacial score (nSPS) is 12.7. The van der Waals surface area contributed by atoms with Gasteiger partial charge in [0.2, 0.25) is 0 Å². The van der Waals surface area contributed by atoms with Crippen LogP contribution in [0.25, 0.3) is 10.1 Å². The van der Waals surface area contributed by atoms with Crippen molar-refractivity contribution < 1.29 is 0 Å². The van der Waals surface area contributed by atoms with Gasteiger partial charge in [0.15, 0.2) is 0 Å². The number of fused-ring (bicyclic) bond motifs is 1. The van der Waals surface area contributed by atoms with Gasteiger partial charge in [0.05, 0.1) is 0 Å². The summed E-state index contributed by atoms with van der Waals surface area (Å²) in [7, 11) is 0. The van der Waals surface area contributed by atoms with Crippen LogP contribution in [-0.4, -0.2) is 6.26 Å². The molecule has 1 unspecified atom stereocenters. The third kappa shape index (κ3) is 2.62. The topological polar surface area (TPSA) is 26.0 Å². The highest BCUT2D eigenvalue weighted by atomic mass is 32.2. The predicted molar refractivity (Wildman–Crippen MR) is 90.7 cm³/mol. The number of rotatable bonds is 4. The molecular formula is C17H17NS2. The molecule has 1 atom stereocenters. The van der Waals surface area contributed by atoms with Gasteiger partial charge >= 0.3 is 0 Å². The minimum Gasteiger partial charge on any atom is -0.324 e. The molecule has 1 heterocycles. The minimum absolute atomic E-state index is 0.0525. The Morgan fingerprint density at radius 1 is 1.10 bits per heavy atom. The van der Waals surface area contributed by atoms with E-state index >= 15 is 0 Å². The van der Waals surface area contributed by atoms with Crippen LogP contribution in [0.4, 0.5) is 0 Å². The van der Waals surface area contributed by atoms with E-state index in [4.69, 9.17) is 5.73 Å². The van der Waals surface area contributed by atoms with Gasteiger partial charge < -0.3 is 5.73 Å². The van der Waals surface area contributed by atoms with E-state index in [2.05, 4.69) is 60.2 Å². The van der Waals surface area contributed by atoms with Crippen molar-refractivity contribution in [2.75, 3.05) is 6.26 Å². The number of thioether (sulfide) groups is 1. The third-order valence-electron chi connectivity index (χ3n) is 3.54. The van der Waals surface area contributed by atoms with Gasteiger partial charge in [-0.2, -0.15) is 0 Å². The first-order valence-electron chi connectivity index (χ1n) is 6.63. The van der Waals surface area contributed by atoms with E-state index in [0.29, 0.717) is 0 Å². The van der Waals surface area contributed by atoms with Crippen LogP contribution < -0.4 is 5.73 Å². The summed E-state index contributed by atoms with van der Waals surface area (Å²) in [4.78, 5) is 1.28. The Hall–Kier alpha value is -1.29. The van der Waals surface area contributed by atoms with Crippen molar-refractivity contribution in [3.63, 3.8) is 0 Å². The van der Waals surface area contributed by atoms with Gasteiger partial charge in [0, 0.05) is 15.6 Å². The van der Waals surface area contributed by atoms with E-state index in [-0.39, 0.29) is 6.04 Å². The molecule has 2 aromatic carbocycles. The fraction of sp³-hybridized carbons (Fsp3) is 0.176. The Labute approximate surface area is 127 Å². The first-order valence-corrected chi connectivity index (χ1v) is 8.73. The zero-order valence-electron chi connectivity index (χ0n) is 11.4. The summed E-state index contributed by atoms with van der Waals surface area (Å²) >= 11 is 3.56. The Morgan fingerprint density at radius 2 is 1.85 bits per heavy atom. The van der Waals surface area contributed by atoms with Crippen LogP contribution >= 0.6 is 23.1 Å². The van der Waals surface area contributed by atoms with Crippen molar-refractivity contribution in [2.45, 2.75) is 17.4 Å². The van der Waals surface area contributed by atoms with Crippen LogP contribution in [0.1, 0.15) is 17.2 Å². The molecule has 3 aromatic rings. The number of hydrogen-bond donors (Lipinski definition) is 1. The van der Waals surface area contributed by atoms with E-state index in [0.717, 1.165) is 6.42 Å². The Kier molecular flexibility index (Phi) is 4.10. The fourth-order valence-electron chi connectivity index (χ4n) is 2.51. The largest absolute Gasteiger partial charge is 0.324 e. The Bertz CT molecular complexity index is 718. The summed E-state index contributed by atoms with van der Waals surface area (Å²) < 4.78 is 1.34. The molecule has 0 aliphatic heterocycles. The van der Waals surface area contributed by atoms with Crippen LogP contribution in [0, 0.1) is 0 Å². The minimum atomic E-state index is 0.0525. The SMILES string of the molecule is CSc1ccccc1C(N)Cc1csc2ccccc12. The van der Waals surface area contributed by atoms with Crippen LogP contribution in [0.3, 0.4) is 0 Å². The maximum absolute atomic E-state index is 6.44. The average molecular weight is 299 g/mol. The number of nitrogens with two attached hydrogens (primary N) is 1. The van der Waals surface area contributed by atoms with Crippen molar-refractivity contribution in [1.82, 2.24) is 0 Å². The molecule has 0 saturated carbocycles. The summed E-state index contributed by atoms with van der Waals surface area (Å²) in [5.41, 5.74) is 9.05. The molecule has 0 amide bonds. The standard InChI is InChI=1S/C17H17NS2/c1-19-16-8-4-3-7-14(16)15(18)10-12-11-20-17-9-5-2-6-13(12)17/h2-9,11,15H,10,18H2,1H3. The molecule has 0 radical (unpaired) electrons. The van der Waals surface area contributed by atoms with Gasteiger partial charge in [0.25, 0.3) is 0 Å². The quantitative estimate of drug-likeness (QED) is 0.696.